The van der Waals surface area contributed by atoms with E-state index in [1.807, 2.05) is 27.7 Å². The Bertz CT molecular complexity index is 1200. The van der Waals surface area contributed by atoms with Gasteiger partial charge in [0.1, 0.15) is 11.2 Å². The van der Waals surface area contributed by atoms with Crippen molar-refractivity contribution in [3.8, 4) is 17.4 Å². The number of nitrogens with zero attached hydrogens (tertiary/aromatic N) is 5. The number of ether oxygens (including phenoxy) is 1. The molecule has 0 bridgehead atoms. The first-order valence-electron chi connectivity index (χ1n) is 9.70. The van der Waals surface area contributed by atoms with Crippen molar-refractivity contribution in [1.29, 1.82) is 0 Å². The van der Waals surface area contributed by atoms with Crippen LogP contribution in [-0.2, 0) is 24.9 Å². The standard InChI is InChI=1S/C19H26N6O5/c1-10(2)7-24-17-15(18(28)25(19(24)29)8-11(3)4)20-16(21-17)12-6-13(22-23(12)5)30-9-14(26)27/h6,10-11H,7-9H2,1-5H3,(H,20,21)(H,26,27). The van der Waals surface area contributed by atoms with Gasteiger partial charge in [-0.25, -0.2) is 14.6 Å². The molecule has 0 saturated carbocycles. The van der Waals surface area contributed by atoms with Crippen molar-refractivity contribution < 1.29 is 14.6 Å². The van der Waals surface area contributed by atoms with E-state index in [2.05, 4.69) is 15.1 Å². The molecule has 0 aliphatic rings. The SMILES string of the molecule is CC(C)Cn1c(=O)c2[nH]c(-c3cc(OCC(=O)O)nn3C)nc2n(CC(C)C)c1=O. The van der Waals surface area contributed by atoms with Crippen LogP contribution in [0.1, 0.15) is 27.7 Å². The number of nitrogens with one attached hydrogen (secondary N) is 1. The highest BCUT2D eigenvalue weighted by molar-refractivity contribution is 5.75. The number of aryl methyl sites for hydroxylation is 1. The van der Waals surface area contributed by atoms with E-state index in [1.165, 1.54) is 19.9 Å². The van der Waals surface area contributed by atoms with Crippen LogP contribution in [0.5, 0.6) is 5.88 Å². The Morgan fingerprint density at radius 1 is 1.17 bits per heavy atom. The van der Waals surface area contributed by atoms with Gasteiger partial charge in [0.2, 0.25) is 5.88 Å². The molecule has 0 saturated heterocycles. The first-order valence-corrected chi connectivity index (χ1v) is 9.70. The predicted octanol–water partition coefficient (Wildman–Crippen LogP) is 1.06. The molecule has 3 rings (SSSR count). The Labute approximate surface area is 171 Å². The van der Waals surface area contributed by atoms with Gasteiger partial charge < -0.3 is 14.8 Å². The molecular weight excluding hydrogens is 392 g/mol. The Morgan fingerprint density at radius 2 is 1.80 bits per heavy atom. The van der Waals surface area contributed by atoms with Gasteiger partial charge in [-0.2, -0.15) is 0 Å². The number of carbonyl (C=O) groups is 1. The van der Waals surface area contributed by atoms with E-state index in [4.69, 9.17) is 9.84 Å². The monoisotopic (exact) mass is 418 g/mol. The van der Waals surface area contributed by atoms with Gasteiger partial charge in [-0.05, 0) is 11.8 Å². The number of imidazole rings is 1. The van der Waals surface area contributed by atoms with Crippen LogP contribution in [0.4, 0.5) is 0 Å². The molecule has 0 aliphatic heterocycles. The molecule has 0 spiro atoms. The van der Waals surface area contributed by atoms with E-state index in [9.17, 15) is 14.4 Å². The number of H-pyrrole nitrogens is 1. The fourth-order valence-corrected chi connectivity index (χ4v) is 3.21. The van der Waals surface area contributed by atoms with Crippen molar-refractivity contribution in [3.63, 3.8) is 0 Å². The van der Waals surface area contributed by atoms with Gasteiger partial charge in [0.05, 0.1) is 0 Å². The molecule has 3 aromatic rings. The fourth-order valence-electron chi connectivity index (χ4n) is 3.21. The summed E-state index contributed by atoms with van der Waals surface area (Å²) in [7, 11) is 1.65. The van der Waals surface area contributed by atoms with Crippen LogP contribution >= 0.6 is 0 Å². The highest BCUT2D eigenvalue weighted by atomic mass is 16.5. The number of aliphatic carboxylic acids is 1. The highest BCUT2D eigenvalue weighted by Gasteiger charge is 2.21. The number of fused-ring (bicyclic) bond motifs is 1. The van der Waals surface area contributed by atoms with Crippen LogP contribution in [0.15, 0.2) is 15.7 Å². The Morgan fingerprint density at radius 3 is 2.40 bits per heavy atom. The molecule has 0 fully saturated rings. The quantitative estimate of drug-likeness (QED) is 0.558. The Hall–Kier alpha value is -3.37. The summed E-state index contributed by atoms with van der Waals surface area (Å²) in [5, 5.41) is 12.9. The average molecular weight is 418 g/mol. The molecule has 0 unspecified atom stereocenters. The zero-order valence-corrected chi connectivity index (χ0v) is 17.7. The van der Waals surface area contributed by atoms with Crippen LogP contribution in [0, 0.1) is 11.8 Å². The number of aromatic nitrogens is 6. The second kappa shape index (κ2) is 8.17. The predicted molar refractivity (Wildman–Crippen MR) is 110 cm³/mol. The van der Waals surface area contributed by atoms with Crippen molar-refractivity contribution in [1.82, 2.24) is 28.9 Å². The first-order chi connectivity index (χ1) is 14.1. The van der Waals surface area contributed by atoms with Crippen molar-refractivity contribution in [2.24, 2.45) is 18.9 Å². The summed E-state index contributed by atoms with van der Waals surface area (Å²) in [6, 6.07) is 1.53. The lowest BCUT2D eigenvalue weighted by Crippen LogP contribution is -2.41. The minimum atomic E-state index is -1.12. The minimum absolute atomic E-state index is 0.118. The lowest BCUT2D eigenvalue weighted by Gasteiger charge is -2.14. The molecule has 0 atom stereocenters. The largest absolute Gasteiger partial charge is 0.479 e. The van der Waals surface area contributed by atoms with E-state index in [0.717, 1.165) is 0 Å². The number of hydrogen-bond donors (Lipinski definition) is 2. The molecule has 11 heteroatoms. The Balaban J connectivity index is 2.18. The van der Waals surface area contributed by atoms with Crippen LogP contribution in [0.2, 0.25) is 0 Å². The van der Waals surface area contributed by atoms with Crippen molar-refractivity contribution in [3.05, 3.63) is 26.9 Å². The van der Waals surface area contributed by atoms with Gasteiger partial charge in [0.25, 0.3) is 5.56 Å². The lowest BCUT2D eigenvalue weighted by molar-refractivity contribution is -0.139. The molecule has 2 N–H and O–H groups in total. The second-order valence-electron chi connectivity index (χ2n) is 8.05. The van der Waals surface area contributed by atoms with Gasteiger partial charge in [-0.1, -0.05) is 27.7 Å². The third-order valence-corrected chi connectivity index (χ3v) is 4.40. The van der Waals surface area contributed by atoms with Crippen molar-refractivity contribution in [2.45, 2.75) is 40.8 Å². The van der Waals surface area contributed by atoms with Crippen LogP contribution in [-0.4, -0.2) is 46.6 Å². The maximum atomic E-state index is 13.0. The zero-order chi connectivity index (χ0) is 22.2. The molecule has 0 aliphatic carbocycles. The Kier molecular flexibility index (Phi) is 5.81. The zero-order valence-electron chi connectivity index (χ0n) is 17.7. The van der Waals surface area contributed by atoms with E-state index >= 15 is 0 Å². The van der Waals surface area contributed by atoms with Gasteiger partial charge in [0, 0.05) is 26.2 Å². The maximum absolute atomic E-state index is 13.0. The third kappa shape index (κ3) is 4.14. The number of aromatic amines is 1. The smallest absolute Gasteiger partial charge is 0.341 e. The summed E-state index contributed by atoms with van der Waals surface area (Å²) in [5.41, 5.74) is 0.198. The number of hydrogen-bond acceptors (Lipinski definition) is 6. The van der Waals surface area contributed by atoms with E-state index in [0.29, 0.717) is 24.6 Å². The van der Waals surface area contributed by atoms with E-state index in [-0.39, 0.29) is 34.6 Å². The van der Waals surface area contributed by atoms with E-state index < -0.39 is 18.1 Å². The van der Waals surface area contributed by atoms with Crippen molar-refractivity contribution in [2.75, 3.05) is 6.61 Å². The molecule has 0 aromatic carbocycles. The van der Waals surface area contributed by atoms with Crippen LogP contribution in [0.3, 0.4) is 0 Å². The summed E-state index contributed by atoms with van der Waals surface area (Å²) in [5.74, 6) is -0.375. The van der Waals surface area contributed by atoms with E-state index in [1.54, 1.807) is 7.05 Å². The lowest BCUT2D eigenvalue weighted by atomic mass is 10.2. The summed E-state index contributed by atoms with van der Waals surface area (Å²) in [4.78, 5) is 44.3. The summed E-state index contributed by atoms with van der Waals surface area (Å²) >= 11 is 0. The average Bonchev–Trinajstić information content (AvgIpc) is 3.24. The maximum Gasteiger partial charge on any atom is 0.341 e. The molecule has 162 valence electrons. The number of carboxylic acid groups (broad SMARTS) is 1. The van der Waals surface area contributed by atoms with Gasteiger partial charge >= 0.3 is 11.7 Å². The topological polar surface area (TPSA) is 137 Å². The second-order valence-corrected chi connectivity index (χ2v) is 8.05. The third-order valence-electron chi connectivity index (χ3n) is 4.40. The molecule has 11 nitrogen and oxygen atoms in total. The summed E-state index contributed by atoms with van der Waals surface area (Å²) < 4.78 is 9.33. The molecule has 30 heavy (non-hydrogen) atoms. The summed E-state index contributed by atoms with van der Waals surface area (Å²) in [6.07, 6.45) is 0. The van der Waals surface area contributed by atoms with Crippen LogP contribution in [0.25, 0.3) is 22.7 Å². The molecule has 0 radical (unpaired) electrons. The normalized spacial score (nSPS) is 11.7. The van der Waals surface area contributed by atoms with Gasteiger partial charge in [0.15, 0.2) is 18.1 Å². The fraction of sp³-hybridized carbons (Fsp3) is 0.526. The van der Waals surface area contributed by atoms with Gasteiger partial charge in [-0.3, -0.25) is 18.6 Å². The number of carboxylic acids is 1. The molecule has 3 aromatic heterocycles. The van der Waals surface area contributed by atoms with Gasteiger partial charge in [-0.15, -0.1) is 5.10 Å². The summed E-state index contributed by atoms with van der Waals surface area (Å²) in [6.45, 7) is 8.04. The first kappa shape index (κ1) is 21.3. The number of rotatable bonds is 8. The molecular formula is C19H26N6O5. The molecule has 0 amide bonds. The minimum Gasteiger partial charge on any atom is -0.479 e. The highest BCUT2D eigenvalue weighted by Crippen LogP contribution is 2.22. The van der Waals surface area contributed by atoms with Crippen LogP contribution < -0.4 is 16.0 Å². The molecule has 3 heterocycles. The van der Waals surface area contributed by atoms with Crippen molar-refractivity contribution >= 4 is 17.1 Å².